The number of pyridine rings is 1. The zero-order valence-electron chi connectivity index (χ0n) is 12.1. The molecule has 0 spiro atoms. The molecule has 0 saturated carbocycles. The van der Waals surface area contributed by atoms with E-state index in [4.69, 9.17) is 10.5 Å². The van der Waals surface area contributed by atoms with Crippen molar-refractivity contribution in [2.24, 2.45) is 10.7 Å². The van der Waals surface area contributed by atoms with Gasteiger partial charge in [0.25, 0.3) is 0 Å². The second-order valence-corrected chi connectivity index (χ2v) is 4.78. The minimum absolute atomic E-state index is 0. The zero-order valence-corrected chi connectivity index (χ0v) is 14.4. The van der Waals surface area contributed by atoms with E-state index in [1.165, 1.54) is 0 Å². The van der Waals surface area contributed by atoms with Gasteiger partial charge in [0, 0.05) is 38.4 Å². The predicted molar refractivity (Wildman–Crippen MR) is 94.2 cm³/mol. The summed E-state index contributed by atoms with van der Waals surface area (Å²) in [6, 6.07) is 5.21. The molecule has 0 bridgehead atoms. The third kappa shape index (κ3) is 6.04. The Morgan fingerprint density at radius 2 is 2.05 bits per heavy atom. The van der Waals surface area contributed by atoms with Gasteiger partial charge < -0.3 is 19.9 Å². The first kappa shape index (κ1) is 18.0. The average molecular weight is 406 g/mol. The number of aliphatic imine (C=N–C) groups is 1. The quantitative estimate of drug-likeness (QED) is 0.341. The summed E-state index contributed by atoms with van der Waals surface area (Å²) in [4.78, 5) is 17.9. The van der Waals surface area contributed by atoms with Crippen LogP contribution in [0.2, 0.25) is 0 Å². The zero-order chi connectivity index (χ0) is 14.2. The van der Waals surface area contributed by atoms with Crippen molar-refractivity contribution >= 4 is 29.9 Å². The number of nitrogens with zero attached hydrogens (tertiary/aromatic N) is 3. The number of aromatic nitrogens is 1. The number of morpholine rings is 1. The fraction of sp³-hybridized carbons (Fsp3) is 0.571. The Balaban J connectivity index is 0.00000220. The van der Waals surface area contributed by atoms with Crippen molar-refractivity contribution < 1.29 is 4.74 Å². The van der Waals surface area contributed by atoms with E-state index in [9.17, 15) is 4.79 Å². The van der Waals surface area contributed by atoms with Crippen LogP contribution in [-0.4, -0.2) is 48.3 Å². The number of halogens is 1. The van der Waals surface area contributed by atoms with Gasteiger partial charge in [-0.3, -0.25) is 9.79 Å². The van der Waals surface area contributed by atoms with Crippen LogP contribution in [0, 0.1) is 0 Å². The minimum Gasteiger partial charge on any atom is -0.378 e. The van der Waals surface area contributed by atoms with Gasteiger partial charge in [-0.05, 0) is 18.9 Å². The van der Waals surface area contributed by atoms with Crippen molar-refractivity contribution in [3.8, 4) is 0 Å². The fourth-order valence-electron chi connectivity index (χ4n) is 2.13. The Morgan fingerprint density at radius 3 is 2.76 bits per heavy atom. The molecule has 1 saturated heterocycles. The number of aryl methyl sites for hydroxylation is 1. The Labute approximate surface area is 142 Å². The van der Waals surface area contributed by atoms with E-state index in [0.29, 0.717) is 25.7 Å². The molecule has 118 valence electrons. The van der Waals surface area contributed by atoms with Gasteiger partial charge in [0.2, 0.25) is 5.56 Å². The van der Waals surface area contributed by atoms with Crippen molar-refractivity contribution in [3.05, 3.63) is 34.7 Å². The van der Waals surface area contributed by atoms with Crippen LogP contribution in [0.3, 0.4) is 0 Å². The van der Waals surface area contributed by atoms with Crippen LogP contribution < -0.4 is 11.3 Å². The topological polar surface area (TPSA) is 72.8 Å². The van der Waals surface area contributed by atoms with Crippen LogP contribution in [0.5, 0.6) is 0 Å². The molecule has 0 aliphatic carbocycles. The van der Waals surface area contributed by atoms with E-state index >= 15 is 0 Å². The molecule has 6 nitrogen and oxygen atoms in total. The van der Waals surface area contributed by atoms with Gasteiger partial charge in [-0.1, -0.05) is 6.07 Å². The van der Waals surface area contributed by atoms with E-state index in [1.54, 1.807) is 16.7 Å². The molecule has 1 fully saturated rings. The van der Waals surface area contributed by atoms with Crippen molar-refractivity contribution in [3.63, 3.8) is 0 Å². The molecule has 0 radical (unpaired) electrons. The Morgan fingerprint density at radius 1 is 1.29 bits per heavy atom. The van der Waals surface area contributed by atoms with Gasteiger partial charge in [-0.25, -0.2) is 0 Å². The minimum atomic E-state index is 0. The molecule has 2 N–H and O–H groups in total. The second kappa shape index (κ2) is 9.78. The summed E-state index contributed by atoms with van der Waals surface area (Å²) >= 11 is 0. The van der Waals surface area contributed by atoms with E-state index in [0.717, 1.165) is 32.5 Å². The number of hydrogen-bond acceptors (Lipinski definition) is 3. The molecule has 21 heavy (non-hydrogen) atoms. The smallest absolute Gasteiger partial charge is 0.250 e. The van der Waals surface area contributed by atoms with Crippen LogP contribution in [0.25, 0.3) is 0 Å². The number of guanidine groups is 1. The van der Waals surface area contributed by atoms with E-state index in [-0.39, 0.29) is 29.5 Å². The highest BCUT2D eigenvalue weighted by Crippen LogP contribution is 1.98. The van der Waals surface area contributed by atoms with Crippen molar-refractivity contribution in [1.29, 1.82) is 0 Å². The van der Waals surface area contributed by atoms with Crippen molar-refractivity contribution in [1.82, 2.24) is 9.47 Å². The Hall–Kier alpha value is -1.09. The van der Waals surface area contributed by atoms with E-state index in [2.05, 4.69) is 4.99 Å². The SMILES string of the molecule is I.NC(=NCCCCn1ccccc1=O)N1CCOCC1. The van der Waals surface area contributed by atoms with Crippen LogP contribution >= 0.6 is 24.0 Å². The van der Waals surface area contributed by atoms with E-state index < -0.39 is 0 Å². The lowest BCUT2D eigenvalue weighted by molar-refractivity contribution is 0.0674. The average Bonchev–Trinajstić information content (AvgIpc) is 2.49. The highest BCUT2D eigenvalue weighted by Gasteiger charge is 2.11. The summed E-state index contributed by atoms with van der Waals surface area (Å²) in [7, 11) is 0. The number of rotatable bonds is 5. The molecule has 0 atom stereocenters. The Bertz CT molecular complexity index is 498. The van der Waals surface area contributed by atoms with Crippen LogP contribution in [-0.2, 0) is 11.3 Å². The molecule has 0 unspecified atom stereocenters. The first-order valence-corrected chi connectivity index (χ1v) is 7.05. The molecular weight excluding hydrogens is 383 g/mol. The lowest BCUT2D eigenvalue weighted by Crippen LogP contribution is -2.44. The molecular formula is C14H23IN4O2. The summed E-state index contributed by atoms with van der Waals surface area (Å²) in [5.74, 6) is 0.602. The molecule has 7 heteroatoms. The lowest BCUT2D eigenvalue weighted by Gasteiger charge is -2.27. The number of ether oxygens (including phenoxy) is 1. The summed E-state index contributed by atoms with van der Waals surface area (Å²) in [6.07, 6.45) is 3.66. The van der Waals surface area contributed by atoms with Crippen molar-refractivity contribution in [2.75, 3.05) is 32.8 Å². The molecule has 1 aliphatic rings. The number of hydrogen-bond donors (Lipinski definition) is 1. The standard InChI is InChI=1S/C14H22N4O2.HI/c15-14(18-9-11-20-12-10-18)16-6-2-4-8-17-7-3-1-5-13(17)19;/h1,3,5,7H,2,4,6,8-12H2,(H2,15,16);1H. The van der Waals surface area contributed by atoms with Gasteiger partial charge in [0.05, 0.1) is 13.2 Å². The molecule has 0 amide bonds. The van der Waals surface area contributed by atoms with Gasteiger partial charge in [0.1, 0.15) is 0 Å². The molecule has 1 aliphatic heterocycles. The van der Waals surface area contributed by atoms with Crippen LogP contribution in [0.4, 0.5) is 0 Å². The Kier molecular flexibility index (Phi) is 8.36. The van der Waals surface area contributed by atoms with Crippen LogP contribution in [0.1, 0.15) is 12.8 Å². The number of unbranched alkanes of at least 4 members (excludes halogenated alkanes) is 1. The monoisotopic (exact) mass is 406 g/mol. The maximum absolute atomic E-state index is 11.5. The highest BCUT2D eigenvalue weighted by molar-refractivity contribution is 14.0. The molecule has 0 aromatic carbocycles. The fourth-order valence-corrected chi connectivity index (χ4v) is 2.13. The van der Waals surface area contributed by atoms with Gasteiger partial charge in [-0.15, -0.1) is 24.0 Å². The summed E-state index contributed by atoms with van der Waals surface area (Å²) in [5, 5.41) is 0. The molecule has 2 heterocycles. The summed E-state index contributed by atoms with van der Waals surface area (Å²) in [5.41, 5.74) is 5.98. The maximum atomic E-state index is 11.5. The maximum Gasteiger partial charge on any atom is 0.250 e. The predicted octanol–water partition coefficient (Wildman–Crippen LogP) is 0.893. The first-order valence-electron chi connectivity index (χ1n) is 7.05. The normalized spacial score (nSPS) is 15.6. The lowest BCUT2D eigenvalue weighted by atomic mass is 10.3. The second-order valence-electron chi connectivity index (χ2n) is 4.78. The summed E-state index contributed by atoms with van der Waals surface area (Å²) in [6.45, 7) is 4.49. The van der Waals surface area contributed by atoms with Crippen molar-refractivity contribution in [2.45, 2.75) is 19.4 Å². The largest absolute Gasteiger partial charge is 0.378 e. The third-order valence-corrected chi connectivity index (χ3v) is 3.32. The van der Waals surface area contributed by atoms with Gasteiger partial charge >= 0.3 is 0 Å². The molecule has 1 aromatic heterocycles. The van der Waals surface area contributed by atoms with Crippen LogP contribution in [0.15, 0.2) is 34.2 Å². The third-order valence-electron chi connectivity index (χ3n) is 3.32. The number of nitrogens with two attached hydrogens (primary N) is 1. The molecule has 1 aromatic rings. The summed E-state index contributed by atoms with van der Waals surface area (Å²) < 4.78 is 6.99. The van der Waals surface area contributed by atoms with Gasteiger partial charge in [0.15, 0.2) is 5.96 Å². The van der Waals surface area contributed by atoms with E-state index in [1.807, 2.05) is 17.2 Å². The van der Waals surface area contributed by atoms with Gasteiger partial charge in [-0.2, -0.15) is 0 Å². The first-order chi connectivity index (χ1) is 9.77. The molecule has 2 rings (SSSR count). The highest BCUT2D eigenvalue weighted by atomic mass is 127.